The molecule has 0 spiro atoms. The van der Waals surface area contributed by atoms with Crippen molar-refractivity contribution in [1.29, 1.82) is 0 Å². The van der Waals surface area contributed by atoms with Crippen molar-refractivity contribution >= 4 is 23.4 Å². The number of carbonyl (C=O) groups excluding carboxylic acids is 3. The number of amides is 3. The van der Waals surface area contributed by atoms with Gasteiger partial charge in [0, 0.05) is 33.2 Å². The minimum Gasteiger partial charge on any atom is -0.383 e. The predicted molar refractivity (Wildman–Crippen MR) is 103 cm³/mol. The van der Waals surface area contributed by atoms with Crippen LogP contribution in [0.2, 0.25) is 0 Å². The Hall–Kier alpha value is -2.45. The van der Waals surface area contributed by atoms with E-state index < -0.39 is 5.92 Å². The third kappa shape index (κ3) is 4.51. The van der Waals surface area contributed by atoms with Crippen molar-refractivity contribution in [2.45, 2.75) is 19.4 Å². The highest BCUT2D eigenvalue weighted by Gasteiger charge is 2.37. The smallest absolute Gasteiger partial charge is 0.256 e. The molecule has 0 aliphatic carbocycles. The number of para-hydroxylation sites is 1. The molecule has 2 saturated heterocycles. The van der Waals surface area contributed by atoms with Gasteiger partial charge < -0.3 is 24.6 Å². The molecule has 0 aromatic heterocycles. The van der Waals surface area contributed by atoms with E-state index in [4.69, 9.17) is 9.47 Å². The molecule has 3 amide bonds. The largest absolute Gasteiger partial charge is 0.383 e. The summed E-state index contributed by atoms with van der Waals surface area (Å²) in [4.78, 5) is 41.3. The summed E-state index contributed by atoms with van der Waals surface area (Å²) in [5.41, 5.74) is 0.923. The standard InChI is InChI=1S/C20H27N3O5/c1-14(13-27-2)23-12-15(11-18(23)24)19(25)21-17-6-4-3-5-16(17)20(26)22-7-9-28-10-8-22/h3-6,14-15H,7-13H2,1-2H3,(H,21,25)/t14-,15-/m0/s1. The van der Waals surface area contributed by atoms with Crippen LogP contribution in [-0.2, 0) is 19.1 Å². The Bertz CT molecular complexity index is 732. The number of nitrogens with zero attached hydrogens (tertiary/aromatic N) is 2. The highest BCUT2D eigenvalue weighted by atomic mass is 16.5. The second kappa shape index (κ2) is 9.16. The van der Waals surface area contributed by atoms with Gasteiger partial charge in [0.2, 0.25) is 11.8 Å². The molecule has 2 fully saturated rings. The summed E-state index contributed by atoms with van der Waals surface area (Å²) >= 11 is 0. The highest BCUT2D eigenvalue weighted by molar-refractivity contribution is 6.05. The van der Waals surface area contributed by atoms with Crippen LogP contribution in [0.5, 0.6) is 0 Å². The van der Waals surface area contributed by atoms with Gasteiger partial charge in [-0.15, -0.1) is 0 Å². The monoisotopic (exact) mass is 389 g/mol. The quantitative estimate of drug-likeness (QED) is 0.784. The Morgan fingerprint density at radius 2 is 2.00 bits per heavy atom. The zero-order valence-corrected chi connectivity index (χ0v) is 16.3. The molecule has 1 aromatic rings. The lowest BCUT2D eigenvalue weighted by Crippen LogP contribution is -2.41. The Morgan fingerprint density at radius 1 is 1.29 bits per heavy atom. The van der Waals surface area contributed by atoms with Gasteiger partial charge in [-0.3, -0.25) is 14.4 Å². The molecule has 0 saturated carbocycles. The molecule has 0 unspecified atom stereocenters. The predicted octanol–water partition coefficient (Wildman–Crippen LogP) is 0.981. The summed E-state index contributed by atoms with van der Waals surface area (Å²) in [6, 6.07) is 6.90. The summed E-state index contributed by atoms with van der Waals surface area (Å²) in [6.07, 6.45) is 0.166. The minimum atomic E-state index is -0.446. The summed E-state index contributed by atoms with van der Waals surface area (Å²) in [7, 11) is 1.59. The molecule has 2 aliphatic rings. The normalized spacial score (nSPS) is 20.9. The number of ether oxygens (including phenoxy) is 2. The van der Waals surface area contributed by atoms with Crippen LogP contribution in [0, 0.1) is 5.92 Å². The molecule has 0 radical (unpaired) electrons. The van der Waals surface area contributed by atoms with Crippen molar-refractivity contribution < 1.29 is 23.9 Å². The van der Waals surface area contributed by atoms with Gasteiger partial charge in [-0.1, -0.05) is 12.1 Å². The second-order valence-corrected chi connectivity index (χ2v) is 7.19. The third-order valence-electron chi connectivity index (χ3n) is 5.18. The van der Waals surface area contributed by atoms with Crippen molar-refractivity contribution in [3.63, 3.8) is 0 Å². The summed E-state index contributed by atoms with van der Waals surface area (Å²) in [5, 5.41) is 2.86. The molecule has 3 rings (SSSR count). The molecule has 8 nitrogen and oxygen atoms in total. The number of rotatable bonds is 6. The van der Waals surface area contributed by atoms with Crippen molar-refractivity contribution in [1.82, 2.24) is 9.80 Å². The maximum absolute atomic E-state index is 12.8. The first kappa shape index (κ1) is 20.3. The Labute approximate surface area is 164 Å². The van der Waals surface area contributed by atoms with Gasteiger partial charge in [0.25, 0.3) is 5.91 Å². The van der Waals surface area contributed by atoms with Gasteiger partial charge in [0.15, 0.2) is 0 Å². The van der Waals surface area contributed by atoms with Crippen molar-refractivity contribution in [2.75, 3.05) is 51.9 Å². The first-order valence-electron chi connectivity index (χ1n) is 9.56. The van der Waals surface area contributed by atoms with E-state index in [-0.39, 0.29) is 30.2 Å². The van der Waals surface area contributed by atoms with Crippen molar-refractivity contribution in [3.8, 4) is 0 Å². The minimum absolute atomic E-state index is 0.0534. The average Bonchev–Trinajstić information content (AvgIpc) is 3.11. The second-order valence-electron chi connectivity index (χ2n) is 7.19. The fraction of sp³-hybridized carbons (Fsp3) is 0.550. The molecule has 1 aromatic carbocycles. The molecule has 8 heteroatoms. The maximum atomic E-state index is 12.8. The van der Waals surface area contributed by atoms with Gasteiger partial charge in [-0.05, 0) is 19.1 Å². The molecular weight excluding hydrogens is 362 g/mol. The van der Waals surface area contributed by atoms with Gasteiger partial charge in [0.05, 0.1) is 43.0 Å². The van der Waals surface area contributed by atoms with Gasteiger partial charge in [-0.2, -0.15) is 0 Å². The lowest BCUT2D eigenvalue weighted by molar-refractivity contribution is -0.130. The first-order chi connectivity index (χ1) is 13.5. The van der Waals surface area contributed by atoms with Crippen LogP contribution in [0.1, 0.15) is 23.7 Å². The molecule has 2 atom stereocenters. The van der Waals surface area contributed by atoms with Crippen LogP contribution in [0.15, 0.2) is 24.3 Å². The van der Waals surface area contributed by atoms with Crippen LogP contribution in [0.4, 0.5) is 5.69 Å². The van der Waals surface area contributed by atoms with Crippen LogP contribution < -0.4 is 5.32 Å². The van der Waals surface area contributed by atoms with Crippen LogP contribution in [0.25, 0.3) is 0 Å². The summed E-state index contributed by atoms with van der Waals surface area (Å²) in [6.45, 7) is 4.78. The van der Waals surface area contributed by atoms with E-state index >= 15 is 0 Å². The van der Waals surface area contributed by atoms with E-state index in [9.17, 15) is 14.4 Å². The topological polar surface area (TPSA) is 88.2 Å². The molecule has 0 bridgehead atoms. The van der Waals surface area contributed by atoms with E-state index in [1.54, 1.807) is 41.2 Å². The van der Waals surface area contributed by atoms with Crippen LogP contribution >= 0.6 is 0 Å². The van der Waals surface area contributed by atoms with E-state index in [1.165, 1.54) is 0 Å². The number of carbonyl (C=O) groups is 3. The number of nitrogens with one attached hydrogen (secondary N) is 1. The molecule has 152 valence electrons. The molecule has 2 aliphatic heterocycles. The highest BCUT2D eigenvalue weighted by Crippen LogP contribution is 2.24. The van der Waals surface area contributed by atoms with Crippen molar-refractivity contribution in [2.24, 2.45) is 5.92 Å². The molecular formula is C20H27N3O5. The van der Waals surface area contributed by atoms with E-state index in [1.807, 2.05) is 6.92 Å². The fourth-order valence-electron chi connectivity index (χ4n) is 3.61. The van der Waals surface area contributed by atoms with E-state index in [2.05, 4.69) is 5.32 Å². The zero-order valence-electron chi connectivity index (χ0n) is 16.3. The lowest BCUT2D eigenvalue weighted by Gasteiger charge is -2.27. The molecule has 1 N–H and O–H groups in total. The number of hydrogen-bond acceptors (Lipinski definition) is 5. The van der Waals surface area contributed by atoms with Crippen LogP contribution in [-0.4, -0.2) is 80.1 Å². The molecule has 2 heterocycles. The molecule has 28 heavy (non-hydrogen) atoms. The Balaban J connectivity index is 1.68. The Morgan fingerprint density at radius 3 is 2.71 bits per heavy atom. The first-order valence-corrected chi connectivity index (χ1v) is 9.56. The van der Waals surface area contributed by atoms with Gasteiger partial charge in [-0.25, -0.2) is 0 Å². The summed E-state index contributed by atoms with van der Waals surface area (Å²) in [5.74, 6) is -0.875. The number of methoxy groups -OCH3 is 1. The number of hydrogen-bond donors (Lipinski definition) is 1. The number of morpholine rings is 1. The van der Waals surface area contributed by atoms with E-state index in [0.29, 0.717) is 50.7 Å². The Kier molecular flexibility index (Phi) is 6.64. The number of anilines is 1. The third-order valence-corrected chi connectivity index (χ3v) is 5.18. The van der Waals surface area contributed by atoms with Crippen LogP contribution in [0.3, 0.4) is 0 Å². The maximum Gasteiger partial charge on any atom is 0.256 e. The van der Waals surface area contributed by atoms with Crippen molar-refractivity contribution in [3.05, 3.63) is 29.8 Å². The zero-order chi connectivity index (χ0) is 20.1. The number of benzene rings is 1. The van der Waals surface area contributed by atoms with E-state index in [0.717, 1.165) is 0 Å². The number of likely N-dealkylation sites (tertiary alicyclic amines) is 1. The average molecular weight is 389 g/mol. The summed E-state index contributed by atoms with van der Waals surface area (Å²) < 4.78 is 10.4. The van der Waals surface area contributed by atoms with Gasteiger partial charge in [0.1, 0.15) is 0 Å². The van der Waals surface area contributed by atoms with Gasteiger partial charge >= 0.3 is 0 Å². The SMILES string of the molecule is COC[C@H](C)N1C[C@@H](C(=O)Nc2ccccc2C(=O)N2CCOCC2)CC1=O. The fourth-order valence-corrected chi connectivity index (χ4v) is 3.61. The lowest BCUT2D eigenvalue weighted by atomic mass is 10.1.